The molecule has 6 heteroatoms. The summed E-state index contributed by atoms with van der Waals surface area (Å²) in [5, 5.41) is 23.7. The number of carbonyl (C=O) groups excluding carboxylic acids is 2. The molecule has 3 N–H and O–H groups in total. The third-order valence-corrected chi connectivity index (χ3v) is 11.8. The molecule has 0 saturated carbocycles. The van der Waals surface area contributed by atoms with E-state index < -0.39 is 18.2 Å². The Labute approximate surface area is 361 Å². The van der Waals surface area contributed by atoms with Crippen LogP contribution in [0.1, 0.15) is 271 Å². The van der Waals surface area contributed by atoms with E-state index in [-0.39, 0.29) is 24.9 Å². The average molecular weight is 818 g/mol. The van der Waals surface area contributed by atoms with Crippen LogP contribution in [0.5, 0.6) is 0 Å². The Morgan fingerprint density at radius 3 is 1.28 bits per heavy atom. The molecule has 3 atom stereocenters. The molecular weight excluding hydrogens is 719 g/mol. The van der Waals surface area contributed by atoms with Crippen molar-refractivity contribution in [2.45, 2.75) is 289 Å². The Hall–Kier alpha value is -1.66. The number of allylic oxidation sites excluding steroid dienone is 4. The molecule has 0 saturated heterocycles. The molecule has 0 radical (unpaired) electrons. The van der Waals surface area contributed by atoms with Crippen molar-refractivity contribution in [3.63, 3.8) is 0 Å². The van der Waals surface area contributed by atoms with E-state index in [0.29, 0.717) is 19.3 Å². The summed E-state index contributed by atoms with van der Waals surface area (Å²) in [5.74, 6) is -0.499. The molecule has 1 amide bonds. The van der Waals surface area contributed by atoms with E-state index in [4.69, 9.17) is 4.74 Å². The van der Waals surface area contributed by atoms with Gasteiger partial charge in [0.2, 0.25) is 5.91 Å². The summed E-state index contributed by atoms with van der Waals surface area (Å²) in [6, 6.07) is -0.706. The third-order valence-electron chi connectivity index (χ3n) is 11.8. The Morgan fingerprint density at radius 1 is 0.483 bits per heavy atom. The van der Waals surface area contributed by atoms with Gasteiger partial charge in [0.25, 0.3) is 0 Å². The van der Waals surface area contributed by atoms with Gasteiger partial charge in [-0.25, -0.2) is 0 Å². The number of hydrogen-bond donors (Lipinski definition) is 3. The fourth-order valence-corrected chi connectivity index (χ4v) is 7.84. The standard InChI is InChI=1S/C52H99NO5/c1-4-7-10-13-16-19-22-24-25-27-30-33-36-39-42-45-52(57)58-48(43-40-37-34-31-28-21-18-15-12-9-6-3)46-51(56)53-49(47-54)50(55)44-41-38-35-32-29-26-23-20-17-14-11-8-5-2/h19,22,31,34,48-50,54-55H,4-18,20-21,23-30,32-33,35-47H2,1-3H3,(H,53,56)/b22-19-,34-31-. The van der Waals surface area contributed by atoms with Gasteiger partial charge in [-0.05, 0) is 70.6 Å². The fourth-order valence-electron chi connectivity index (χ4n) is 7.84. The molecular formula is C52H99NO5. The minimum atomic E-state index is -0.790. The molecule has 342 valence electrons. The van der Waals surface area contributed by atoms with Crippen molar-refractivity contribution < 1.29 is 24.5 Å². The largest absolute Gasteiger partial charge is 0.462 e. The number of ether oxygens (including phenoxy) is 1. The van der Waals surface area contributed by atoms with Crippen LogP contribution in [0.15, 0.2) is 24.3 Å². The van der Waals surface area contributed by atoms with Gasteiger partial charge in [-0.1, -0.05) is 212 Å². The maximum Gasteiger partial charge on any atom is 0.306 e. The third kappa shape index (κ3) is 41.1. The van der Waals surface area contributed by atoms with Gasteiger partial charge < -0.3 is 20.3 Å². The molecule has 0 aromatic carbocycles. The molecule has 0 bridgehead atoms. The number of unbranched alkanes of at least 4 members (excludes halogenated alkanes) is 30. The monoisotopic (exact) mass is 818 g/mol. The van der Waals surface area contributed by atoms with E-state index in [1.807, 2.05) is 0 Å². The van der Waals surface area contributed by atoms with Gasteiger partial charge >= 0.3 is 5.97 Å². The Bertz CT molecular complexity index is 919. The summed E-state index contributed by atoms with van der Waals surface area (Å²) in [6.07, 6.45) is 52.4. The number of amides is 1. The van der Waals surface area contributed by atoms with Crippen molar-refractivity contribution in [2.24, 2.45) is 0 Å². The van der Waals surface area contributed by atoms with Crippen LogP contribution in [0, 0.1) is 0 Å². The summed E-state index contributed by atoms with van der Waals surface area (Å²) >= 11 is 0. The molecule has 0 heterocycles. The first-order valence-electron chi connectivity index (χ1n) is 25.6. The smallest absolute Gasteiger partial charge is 0.306 e. The molecule has 0 spiro atoms. The van der Waals surface area contributed by atoms with E-state index in [1.54, 1.807) is 0 Å². The Balaban J connectivity index is 4.54. The minimum Gasteiger partial charge on any atom is -0.462 e. The summed E-state index contributed by atoms with van der Waals surface area (Å²) in [5.41, 5.74) is 0. The lowest BCUT2D eigenvalue weighted by atomic mass is 10.0. The number of carbonyl (C=O) groups is 2. The first-order valence-corrected chi connectivity index (χ1v) is 25.6. The van der Waals surface area contributed by atoms with E-state index in [9.17, 15) is 19.8 Å². The Kier molecular flexibility index (Phi) is 45.1. The van der Waals surface area contributed by atoms with Crippen LogP contribution in [0.25, 0.3) is 0 Å². The zero-order valence-electron chi connectivity index (χ0n) is 38.9. The number of rotatable bonds is 46. The van der Waals surface area contributed by atoms with Gasteiger partial charge in [0.05, 0.1) is 25.2 Å². The van der Waals surface area contributed by atoms with Crippen LogP contribution in [-0.2, 0) is 14.3 Å². The average Bonchev–Trinajstić information content (AvgIpc) is 3.22. The first-order chi connectivity index (χ1) is 28.5. The quantitative estimate of drug-likeness (QED) is 0.0323. The lowest BCUT2D eigenvalue weighted by Crippen LogP contribution is -2.46. The van der Waals surface area contributed by atoms with Crippen molar-refractivity contribution in [1.29, 1.82) is 0 Å². The molecule has 0 fully saturated rings. The van der Waals surface area contributed by atoms with Crippen LogP contribution in [0.3, 0.4) is 0 Å². The van der Waals surface area contributed by atoms with Gasteiger partial charge in [-0.15, -0.1) is 0 Å². The van der Waals surface area contributed by atoms with Gasteiger partial charge in [0, 0.05) is 6.42 Å². The topological polar surface area (TPSA) is 95.9 Å². The van der Waals surface area contributed by atoms with E-state index in [2.05, 4.69) is 50.4 Å². The highest BCUT2D eigenvalue weighted by molar-refractivity contribution is 5.77. The summed E-state index contributed by atoms with van der Waals surface area (Å²) in [4.78, 5) is 26.1. The van der Waals surface area contributed by atoms with Crippen molar-refractivity contribution in [3.8, 4) is 0 Å². The molecule has 6 nitrogen and oxygen atoms in total. The fraction of sp³-hybridized carbons (Fsp3) is 0.885. The molecule has 3 unspecified atom stereocenters. The zero-order valence-corrected chi connectivity index (χ0v) is 38.9. The maximum atomic E-state index is 13.2. The highest BCUT2D eigenvalue weighted by atomic mass is 16.5. The lowest BCUT2D eigenvalue weighted by molar-refractivity contribution is -0.151. The van der Waals surface area contributed by atoms with E-state index in [1.165, 1.54) is 167 Å². The second-order valence-electron chi connectivity index (χ2n) is 17.6. The van der Waals surface area contributed by atoms with Gasteiger partial charge in [0.15, 0.2) is 0 Å². The molecule has 0 aliphatic heterocycles. The minimum absolute atomic E-state index is 0.0587. The molecule has 0 aromatic heterocycles. The highest BCUT2D eigenvalue weighted by Crippen LogP contribution is 2.17. The van der Waals surface area contributed by atoms with Crippen LogP contribution in [-0.4, -0.2) is 46.9 Å². The second kappa shape index (κ2) is 46.4. The van der Waals surface area contributed by atoms with E-state index in [0.717, 1.165) is 57.8 Å². The van der Waals surface area contributed by atoms with Crippen molar-refractivity contribution >= 4 is 11.9 Å². The second-order valence-corrected chi connectivity index (χ2v) is 17.6. The van der Waals surface area contributed by atoms with Crippen LogP contribution in [0.2, 0.25) is 0 Å². The lowest BCUT2D eigenvalue weighted by Gasteiger charge is -2.24. The summed E-state index contributed by atoms with van der Waals surface area (Å²) in [6.45, 7) is 6.46. The normalized spacial score (nSPS) is 13.4. The van der Waals surface area contributed by atoms with Gasteiger partial charge in [-0.2, -0.15) is 0 Å². The van der Waals surface area contributed by atoms with Gasteiger partial charge in [0.1, 0.15) is 6.10 Å². The number of hydrogen-bond acceptors (Lipinski definition) is 5. The van der Waals surface area contributed by atoms with Crippen LogP contribution in [0.4, 0.5) is 0 Å². The van der Waals surface area contributed by atoms with Crippen molar-refractivity contribution in [1.82, 2.24) is 5.32 Å². The maximum absolute atomic E-state index is 13.2. The van der Waals surface area contributed by atoms with Gasteiger partial charge in [-0.3, -0.25) is 9.59 Å². The SMILES string of the molecule is CCCCCC/C=C\CCCCCCCCCC(=O)OC(CCC/C=C\CCCCCCCC)CC(=O)NC(CO)C(O)CCCCCCCCCCCCCCC. The summed E-state index contributed by atoms with van der Waals surface area (Å²) in [7, 11) is 0. The molecule has 0 aliphatic rings. The molecule has 0 rings (SSSR count). The number of nitrogens with one attached hydrogen (secondary N) is 1. The summed E-state index contributed by atoms with van der Waals surface area (Å²) < 4.78 is 5.91. The van der Waals surface area contributed by atoms with Crippen molar-refractivity contribution in [3.05, 3.63) is 24.3 Å². The first kappa shape index (κ1) is 56.3. The van der Waals surface area contributed by atoms with Crippen molar-refractivity contribution in [2.75, 3.05) is 6.61 Å². The number of aliphatic hydroxyl groups is 2. The zero-order chi connectivity index (χ0) is 42.4. The predicted molar refractivity (Wildman–Crippen MR) is 250 cm³/mol. The number of esters is 1. The van der Waals surface area contributed by atoms with Crippen LogP contribution < -0.4 is 5.32 Å². The predicted octanol–water partition coefficient (Wildman–Crippen LogP) is 15.1. The number of aliphatic hydroxyl groups excluding tert-OH is 2. The van der Waals surface area contributed by atoms with E-state index >= 15 is 0 Å². The molecule has 0 aromatic rings. The highest BCUT2D eigenvalue weighted by Gasteiger charge is 2.24. The molecule has 58 heavy (non-hydrogen) atoms. The Morgan fingerprint density at radius 2 is 0.845 bits per heavy atom. The molecule has 0 aliphatic carbocycles. The van der Waals surface area contributed by atoms with Crippen LogP contribution >= 0.6 is 0 Å².